The highest BCUT2D eigenvalue weighted by atomic mass is 32.2. The molecule has 0 aliphatic rings. The first-order valence-corrected chi connectivity index (χ1v) is 7.51. The van der Waals surface area contributed by atoms with Crippen LogP contribution in [-0.2, 0) is 21.4 Å². The third-order valence-electron chi connectivity index (χ3n) is 2.34. The minimum Gasteiger partial charge on any atom is -0.380 e. The summed E-state index contributed by atoms with van der Waals surface area (Å²) >= 11 is 0. The van der Waals surface area contributed by atoms with Gasteiger partial charge in [-0.25, -0.2) is 8.42 Å². The monoisotopic (exact) mass is 272 g/mol. The first-order valence-electron chi connectivity index (χ1n) is 5.86. The summed E-state index contributed by atoms with van der Waals surface area (Å²) < 4.78 is 30.9. The topological polar surface area (TPSA) is 67.4 Å². The highest BCUT2D eigenvalue weighted by Crippen LogP contribution is 2.11. The second kappa shape index (κ2) is 7.35. The van der Waals surface area contributed by atoms with Gasteiger partial charge in [-0.15, -0.1) is 0 Å². The van der Waals surface area contributed by atoms with Crippen LogP contribution in [0.4, 0.5) is 5.69 Å². The molecule has 0 bridgehead atoms. The van der Waals surface area contributed by atoms with Crippen LogP contribution in [-0.4, -0.2) is 34.4 Å². The molecule has 0 aliphatic heterocycles. The Bertz CT molecular complexity index is 443. The molecule has 0 heterocycles. The maximum atomic E-state index is 11.7. The number of sulfonamides is 1. The molecule has 0 fully saturated rings. The van der Waals surface area contributed by atoms with Crippen molar-refractivity contribution in [3.63, 3.8) is 0 Å². The SMILES string of the molecule is CCNCCS(=O)(=O)Nc1ccc(COC)cc1. The van der Waals surface area contributed by atoms with Crippen molar-refractivity contribution in [1.29, 1.82) is 0 Å². The van der Waals surface area contributed by atoms with E-state index in [1.54, 1.807) is 19.2 Å². The van der Waals surface area contributed by atoms with Crippen LogP contribution < -0.4 is 10.0 Å². The van der Waals surface area contributed by atoms with E-state index >= 15 is 0 Å². The first-order chi connectivity index (χ1) is 8.57. The first kappa shape index (κ1) is 14.9. The van der Waals surface area contributed by atoms with E-state index in [9.17, 15) is 8.42 Å². The summed E-state index contributed by atoms with van der Waals surface area (Å²) in [6.07, 6.45) is 0. The Labute approximate surface area is 109 Å². The molecule has 0 aliphatic carbocycles. The number of hydrogen-bond acceptors (Lipinski definition) is 4. The standard InChI is InChI=1S/C12H20N2O3S/c1-3-13-8-9-18(15,16)14-12-6-4-11(5-7-12)10-17-2/h4-7,13-14H,3,8-10H2,1-2H3. The molecule has 0 saturated heterocycles. The quantitative estimate of drug-likeness (QED) is 0.697. The van der Waals surface area contributed by atoms with Gasteiger partial charge < -0.3 is 10.1 Å². The third kappa shape index (κ3) is 5.48. The molecular formula is C12H20N2O3S. The molecule has 0 atom stereocenters. The summed E-state index contributed by atoms with van der Waals surface area (Å²) in [5.41, 5.74) is 1.58. The van der Waals surface area contributed by atoms with Gasteiger partial charge in [-0.3, -0.25) is 4.72 Å². The molecule has 102 valence electrons. The molecule has 5 nitrogen and oxygen atoms in total. The molecule has 2 N–H and O–H groups in total. The summed E-state index contributed by atoms with van der Waals surface area (Å²) in [4.78, 5) is 0. The Hall–Kier alpha value is -1.11. The van der Waals surface area contributed by atoms with E-state index in [0.717, 1.165) is 12.1 Å². The van der Waals surface area contributed by atoms with E-state index in [2.05, 4.69) is 10.0 Å². The molecule has 1 rings (SSSR count). The Morgan fingerprint density at radius 2 is 1.89 bits per heavy atom. The Kier molecular flexibility index (Phi) is 6.11. The van der Waals surface area contributed by atoms with Crippen LogP contribution in [0.1, 0.15) is 12.5 Å². The number of anilines is 1. The van der Waals surface area contributed by atoms with Crippen molar-refractivity contribution in [3.05, 3.63) is 29.8 Å². The molecule has 0 radical (unpaired) electrons. The van der Waals surface area contributed by atoms with Gasteiger partial charge in [0.2, 0.25) is 10.0 Å². The van der Waals surface area contributed by atoms with E-state index in [0.29, 0.717) is 18.8 Å². The second-order valence-electron chi connectivity index (χ2n) is 3.90. The summed E-state index contributed by atoms with van der Waals surface area (Å²) in [7, 11) is -1.65. The lowest BCUT2D eigenvalue weighted by Crippen LogP contribution is -2.26. The zero-order chi connectivity index (χ0) is 13.4. The van der Waals surface area contributed by atoms with Gasteiger partial charge in [-0.05, 0) is 24.2 Å². The van der Waals surface area contributed by atoms with Gasteiger partial charge in [0.05, 0.1) is 12.4 Å². The average Bonchev–Trinajstić information content (AvgIpc) is 2.32. The van der Waals surface area contributed by atoms with Gasteiger partial charge in [0, 0.05) is 19.3 Å². The Morgan fingerprint density at radius 1 is 1.22 bits per heavy atom. The summed E-state index contributed by atoms with van der Waals surface area (Å²) in [5.74, 6) is 0.0701. The molecule has 6 heteroatoms. The van der Waals surface area contributed by atoms with Crippen molar-refractivity contribution < 1.29 is 13.2 Å². The molecule has 0 aromatic heterocycles. The van der Waals surface area contributed by atoms with Gasteiger partial charge in [-0.1, -0.05) is 19.1 Å². The van der Waals surface area contributed by atoms with Crippen LogP contribution in [0.25, 0.3) is 0 Å². The molecule has 0 saturated carbocycles. The minimum atomic E-state index is -3.28. The number of methoxy groups -OCH3 is 1. The lowest BCUT2D eigenvalue weighted by Gasteiger charge is -2.08. The Morgan fingerprint density at radius 3 is 2.44 bits per heavy atom. The average molecular weight is 272 g/mol. The van der Waals surface area contributed by atoms with E-state index in [1.807, 2.05) is 19.1 Å². The maximum absolute atomic E-state index is 11.7. The number of benzene rings is 1. The van der Waals surface area contributed by atoms with Crippen molar-refractivity contribution in [2.75, 3.05) is 30.7 Å². The van der Waals surface area contributed by atoms with Crippen molar-refractivity contribution in [1.82, 2.24) is 5.32 Å². The van der Waals surface area contributed by atoms with Crippen LogP contribution in [0.15, 0.2) is 24.3 Å². The third-order valence-corrected chi connectivity index (χ3v) is 3.62. The molecule has 0 unspecified atom stereocenters. The normalized spacial score (nSPS) is 11.4. The highest BCUT2D eigenvalue weighted by Gasteiger charge is 2.09. The largest absolute Gasteiger partial charge is 0.380 e. The van der Waals surface area contributed by atoms with E-state index in [-0.39, 0.29) is 5.75 Å². The smallest absolute Gasteiger partial charge is 0.233 e. The zero-order valence-corrected chi connectivity index (χ0v) is 11.6. The molecule has 1 aromatic rings. The van der Waals surface area contributed by atoms with E-state index in [1.165, 1.54) is 0 Å². The zero-order valence-electron chi connectivity index (χ0n) is 10.8. The number of hydrogen-bond donors (Lipinski definition) is 2. The van der Waals surface area contributed by atoms with Gasteiger partial charge in [0.1, 0.15) is 0 Å². The fraction of sp³-hybridized carbons (Fsp3) is 0.500. The van der Waals surface area contributed by atoms with Crippen LogP contribution in [0.5, 0.6) is 0 Å². The summed E-state index contributed by atoms with van der Waals surface area (Å²) in [6.45, 7) is 3.68. The molecule has 1 aromatic carbocycles. The van der Waals surface area contributed by atoms with Crippen LogP contribution >= 0.6 is 0 Å². The number of nitrogens with one attached hydrogen (secondary N) is 2. The van der Waals surface area contributed by atoms with Crippen LogP contribution in [0.2, 0.25) is 0 Å². The Balaban J connectivity index is 2.55. The molecule has 0 spiro atoms. The van der Waals surface area contributed by atoms with Crippen LogP contribution in [0.3, 0.4) is 0 Å². The number of ether oxygens (including phenoxy) is 1. The van der Waals surface area contributed by atoms with Gasteiger partial charge in [0.25, 0.3) is 0 Å². The predicted octanol–water partition coefficient (Wildman–Crippen LogP) is 1.18. The lowest BCUT2D eigenvalue weighted by molar-refractivity contribution is 0.185. The predicted molar refractivity (Wildman–Crippen MR) is 73.1 cm³/mol. The van der Waals surface area contributed by atoms with E-state index in [4.69, 9.17) is 4.74 Å². The van der Waals surface area contributed by atoms with Crippen molar-refractivity contribution in [2.45, 2.75) is 13.5 Å². The molecule has 18 heavy (non-hydrogen) atoms. The lowest BCUT2D eigenvalue weighted by atomic mass is 10.2. The summed E-state index contributed by atoms with van der Waals surface area (Å²) in [6, 6.07) is 7.15. The van der Waals surface area contributed by atoms with Crippen molar-refractivity contribution in [3.8, 4) is 0 Å². The highest BCUT2D eigenvalue weighted by molar-refractivity contribution is 7.92. The molecular weight excluding hydrogens is 252 g/mol. The van der Waals surface area contributed by atoms with Gasteiger partial charge in [0.15, 0.2) is 0 Å². The minimum absolute atomic E-state index is 0.0701. The fourth-order valence-corrected chi connectivity index (χ4v) is 2.46. The number of rotatable bonds is 8. The van der Waals surface area contributed by atoms with Gasteiger partial charge in [-0.2, -0.15) is 0 Å². The van der Waals surface area contributed by atoms with Crippen LogP contribution in [0, 0.1) is 0 Å². The second-order valence-corrected chi connectivity index (χ2v) is 5.75. The maximum Gasteiger partial charge on any atom is 0.233 e. The van der Waals surface area contributed by atoms with Crippen molar-refractivity contribution in [2.24, 2.45) is 0 Å². The molecule has 0 amide bonds. The summed E-state index contributed by atoms with van der Waals surface area (Å²) in [5, 5.41) is 2.98. The van der Waals surface area contributed by atoms with Gasteiger partial charge >= 0.3 is 0 Å². The van der Waals surface area contributed by atoms with Crippen molar-refractivity contribution >= 4 is 15.7 Å². The van der Waals surface area contributed by atoms with E-state index < -0.39 is 10.0 Å². The fourth-order valence-electron chi connectivity index (χ4n) is 1.45.